The molecule has 2 fully saturated rings. The van der Waals surface area contributed by atoms with E-state index in [0.29, 0.717) is 25.7 Å². The molecular weight excluding hydrogens is 432 g/mol. The molecule has 3 N–H and O–H groups in total. The lowest BCUT2D eigenvalue weighted by Crippen LogP contribution is -2.45. The summed E-state index contributed by atoms with van der Waals surface area (Å²) in [4.78, 5) is 36.9. The predicted molar refractivity (Wildman–Crippen MR) is 126 cm³/mol. The number of amides is 2. The third-order valence-corrected chi connectivity index (χ3v) is 7.71. The Morgan fingerprint density at radius 2 is 1.71 bits per heavy atom. The molecule has 0 radical (unpaired) electrons. The molecule has 0 aromatic heterocycles. The van der Waals surface area contributed by atoms with Gasteiger partial charge in [-0.05, 0) is 53.9 Å². The number of alkyl carbamates (subject to hydrolysis) is 1. The monoisotopic (exact) mass is 462 g/mol. The van der Waals surface area contributed by atoms with Crippen LogP contribution in [-0.4, -0.2) is 41.8 Å². The average molecular weight is 463 g/mol. The minimum absolute atomic E-state index is 0.00114. The maximum absolute atomic E-state index is 12.8. The molecule has 0 heterocycles. The van der Waals surface area contributed by atoms with Gasteiger partial charge >= 0.3 is 12.1 Å². The Bertz CT molecular complexity index is 1090. The van der Waals surface area contributed by atoms with Gasteiger partial charge in [0.15, 0.2) is 0 Å². The second kappa shape index (κ2) is 8.78. The minimum Gasteiger partial charge on any atom is -0.480 e. The summed E-state index contributed by atoms with van der Waals surface area (Å²) in [7, 11) is 0. The first-order valence-electron chi connectivity index (χ1n) is 12.1. The number of carbonyl (C=O) groups excluding carboxylic acids is 2. The van der Waals surface area contributed by atoms with Crippen LogP contribution in [0.25, 0.3) is 11.1 Å². The molecule has 5 rings (SSSR count). The number of nitrogens with one attached hydrogen (secondary N) is 2. The molecule has 0 spiro atoms. The zero-order valence-electron chi connectivity index (χ0n) is 19.3. The highest BCUT2D eigenvalue weighted by molar-refractivity contribution is 5.90. The average Bonchev–Trinajstić information content (AvgIpc) is 3.25. The van der Waals surface area contributed by atoms with Crippen LogP contribution in [0.15, 0.2) is 48.5 Å². The van der Waals surface area contributed by atoms with Gasteiger partial charge in [-0.15, -0.1) is 0 Å². The fourth-order valence-electron chi connectivity index (χ4n) is 5.94. The number of carboxylic acid groups (broad SMARTS) is 1. The number of aliphatic carboxylic acids is 1. The van der Waals surface area contributed by atoms with Gasteiger partial charge in [0.2, 0.25) is 5.91 Å². The van der Waals surface area contributed by atoms with Gasteiger partial charge in [-0.2, -0.15) is 0 Å². The lowest BCUT2D eigenvalue weighted by Gasteiger charge is -2.21. The van der Waals surface area contributed by atoms with Crippen molar-refractivity contribution < 1.29 is 24.2 Å². The molecule has 0 unspecified atom stereocenters. The van der Waals surface area contributed by atoms with Crippen molar-refractivity contribution in [2.75, 3.05) is 6.61 Å². The van der Waals surface area contributed by atoms with Crippen LogP contribution in [0.2, 0.25) is 0 Å². The van der Waals surface area contributed by atoms with Gasteiger partial charge in [-0.1, -0.05) is 61.9 Å². The highest BCUT2D eigenvalue weighted by Gasteiger charge is 2.65. The minimum atomic E-state index is -1.00. The van der Waals surface area contributed by atoms with Crippen LogP contribution < -0.4 is 10.6 Å². The molecule has 0 bridgehead atoms. The van der Waals surface area contributed by atoms with E-state index in [9.17, 15) is 19.5 Å². The highest BCUT2D eigenvalue weighted by atomic mass is 16.5. The van der Waals surface area contributed by atoms with Crippen molar-refractivity contribution in [3.8, 4) is 11.1 Å². The van der Waals surface area contributed by atoms with Crippen LogP contribution in [0.3, 0.4) is 0 Å². The van der Waals surface area contributed by atoms with E-state index in [1.807, 2.05) is 31.2 Å². The summed E-state index contributed by atoms with van der Waals surface area (Å²) in [6, 6.07) is 15.4. The zero-order chi connectivity index (χ0) is 23.9. The summed E-state index contributed by atoms with van der Waals surface area (Å²) < 4.78 is 5.64. The molecular formula is C27H30N2O5. The van der Waals surface area contributed by atoms with Gasteiger partial charge in [0.05, 0.1) is 5.41 Å². The molecule has 0 saturated heterocycles. The molecule has 4 atom stereocenters. The van der Waals surface area contributed by atoms with E-state index >= 15 is 0 Å². The number of hydrogen-bond acceptors (Lipinski definition) is 4. The van der Waals surface area contributed by atoms with Crippen LogP contribution in [-0.2, 0) is 14.3 Å². The predicted octanol–water partition coefficient (Wildman–Crippen LogP) is 4.06. The quantitative estimate of drug-likeness (QED) is 0.549. The number of carbonyl (C=O) groups is 3. The maximum Gasteiger partial charge on any atom is 0.407 e. The summed E-state index contributed by atoms with van der Waals surface area (Å²) in [6.45, 7) is 2.14. The lowest BCUT2D eigenvalue weighted by molar-refractivity contribution is -0.143. The molecule has 34 heavy (non-hydrogen) atoms. The van der Waals surface area contributed by atoms with Crippen LogP contribution in [0.1, 0.15) is 56.1 Å². The normalized spacial score (nSPS) is 25.0. The molecule has 2 amide bonds. The highest BCUT2D eigenvalue weighted by Crippen LogP contribution is 2.63. The first kappa shape index (κ1) is 22.4. The standard InChI is InChI=1S/C27H30N2O5/c1-2-7-23(24(30)31)29-25(32)27-13-16(27)12-17(14-27)28-26(33)34-15-22-20-10-5-3-8-18(20)19-9-4-6-11-21(19)22/h3-6,8-11,16-17,22-23H,2,7,12-15H2,1H3,(H,28,33)(H,29,32)(H,30,31)/t16-,17+,23+,27+/m0/s1. The van der Waals surface area contributed by atoms with Gasteiger partial charge in [0.1, 0.15) is 12.6 Å². The molecule has 3 aliphatic carbocycles. The largest absolute Gasteiger partial charge is 0.480 e. The number of rotatable bonds is 8. The van der Waals surface area contributed by atoms with E-state index in [1.165, 1.54) is 11.1 Å². The molecule has 0 aliphatic heterocycles. The lowest BCUT2D eigenvalue weighted by atomic mass is 9.98. The Balaban J connectivity index is 1.17. The van der Waals surface area contributed by atoms with Crippen LogP contribution >= 0.6 is 0 Å². The Morgan fingerprint density at radius 3 is 2.32 bits per heavy atom. The van der Waals surface area contributed by atoms with Gasteiger partial charge in [-0.25, -0.2) is 9.59 Å². The molecule has 3 aliphatic rings. The van der Waals surface area contributed by atoms with Crippen molar-refractivity contribution in [3.63, 3.8) is 0 Å². The van der Waals surface area contributed by atoms with E-state index < -0.39 is 23.5 Å². The Kier molecular flexibility index (Phi) is 5.80. The molecule has 7 nitrogen and oxygen atoms in total. The molecule has 2 aromatic carbocycles. The summed E-state index contributed by atoms with van der Waals surface area (Å²) in [5.74, 6) is -1.02. The number of fused-ring (bicyclic) bond motifs is 4. The Hall–Kier alpha value is -3.35. The Labute approximate surface area is 198 Å². The van der Waals surface area contributed by atoms with Crippen molar-refractivity contribution in [1.29, 1.82) is 0 Å². The molecule has 7 heteroatoms. The molecule has 2 aromatic rings. The number of benzene rings is 2. The van der Waals surface area contributed by atoms with Crippen molar-refractivity contribution in [3.05, 3.63) is 59.7 Å². The summed E-state index contributed by atoms with van der Waals surface area (Å²) in [6.07, 6.45) is 2.59. The molecule has 2 saturated carbocycles. The second-order valence-corrected chi connectivity index (χ2v) is 9.82. The molecule has 178 valence electrons. The number of ether oxygens (including phenoxy) is 1. The van der Waals surface area contributed by atoms with Crippen LogP contribution in [0.4, 0.5) is 4.79 Å². The van der Waals surface area contributed by atoms with E-state index in [0.717, 1.165) is 17.5 Å². The zero-order valence-corrected chi connectivity index (χ0v) is 19.3. The maximum atomic E-state index is 12.8. The fraction of sp³-hybridized carbons (Fsp3) is 0.444. The van der Waals surface area contributed by atoms with Crippen LogP contribution in [0.5, 0.6) is 0 Å². The van der Waals surface area contributed by atoms with Gasteiger partial charge in [-0.3, -0.25) is 4.79 Å². The first-order chi connectivity index (χ1) is 16.4. The number of carboxylic acids is 1. The van der Waals surface area contributed by atoms with Gasteiger partial charge in [0, 0.05) is 12.0 Å². The smallest absolute Gasteiger partial charge is 0.407 e. The van der Waals surface area contributed by atoms with Crippen molar-refractivity contribution in [2.24, 2.45) is 11.3 Å². The van der Waals surface area contributed by atoms with E-state index in [-0.39, 0.29) is 30.4 Å². The van der Waals surface area contributed by atoms with Gasteiger partial charge < -0.3 is 20.5 Å². The fourth-order valence-corrected chi connectivity index (χ4v) is 5.94. The third-order valence-electron chi connectivity index (χ3n) is 7.71. The third kappa shape index (κ3) is 3.93. The van der Waals surface area contributed by atoms with E-state index in [4.69, 9.17) is 4.74 Å². The van der Waals surface area contributed by atoms with Gasteiger partial charge in [0.25, 0.3) is 0 Å². The summed E-state index contributed by atoms with van der Waals surface area (Å²) in [5, 5.41) is 15.0. The summed E-state index contributed by atoms with van der Waals surface area (Å²) >= 11 is 0. The van der Waals surface area contributed by atoms with Crippen molar-refractivity contribution in [2.45, 2.75) is 57.0 Å². The SMILES string of the molecule is CCC[C@@H](NC(=O)[C@]12C[C@H](NC(=O)OCC3c4ccccc4-c4ccccc43)C[C@H]1C2)C(=O)O. The first-order valence-corrected chi connectivity index (χ1v) is 12.1. The van der Waals surface area contributed by atoms with E-state index in [2.05, 4.69) is 34.9 Å². The van der Waals surface area contributed by atoms with Crippen molar-refractivity contribution >= 4 is 18.0 Å². The topological polar surface area (TPSA) is 105 Å². The van der Waals surface area contributed by atoms with E-state index in [1.54, 1.807) is 0 Å². The summed E-state index contributed by atoms with van der Waals surface area (Å²) in [5.41, 5.74) is 4.13. The van der Waals surface area contributed by atoms with Crippen LogP contribution in [0, 0.1) is 11.3 Å². The number of hydrogen-bond donors (Lipinski definition) is 3. The Morgan fingerprint density at radius 1 is 1.06 bits per heavy atom. The second-order valence-electron chi connectivity index (χ2n) is 9.82. The van der Waals surface area contributed by atoms with Crippen molar-refractivity contribution in [1.82, 2.24) is 10.6 Å².